The number of ether oxygens (including phenoxy) is 3. The van der Waals surface area contributed by atoms with Crippen molar-refractivity contribution >= 4 is 5.95 Å². The second-order valence-electron chi connectivity index (χ2n) is 9.02. The third-order valence-corrected chi connectivity index (χ3v) is 7.13. The summed E-state index contributed by atoms with van der Waals surface area (Å²) in [5.74, 6) is 3.95. The topological polar surface area (TPSA) is 76.9 Å². The average molecular weight is 409 g/mol. The molecule has 0 bridgehead atoms. The summed E-state index contributed by atoms with van der Waals surface area (Å²) in [6.07, 6.45) is 4.26. The quantitative estimate of drug-likeness (QED) is 0.835. The van der Waals surface area contributed by atoms with Crippen LogP contribution in [-0.4, -0.2) is 47.2 Å². The second kappa shape index (κ2) is 7.01. The molecule has 4 aliphatic rings. The van der Waals surface area contributed by atoms with E-state index in [0.29, 0.717) is 23.3 Å². The maximum absolute atomic E-state index is 10.8. The number of aliphatic hydroxyl groups is 1. The molecule has 2 aromatic rings. The van der Waals surface area contributed by atoms with Gasteiger partial charge in [-0.25, -0.2) is 9.97 Å². The summed E-state index contributed by atoms with van der Waals surface area (Å²) in [7, 11) is 0. The molecule has 4 atom stereocenters. The number of anilines is 1. The van der Waals surface area contributed by atoms with E-state index >= 15 is 0 Å². The summed E-state index contributed by atoms with van der Waals surface area (Å²) in [5.41, 5.74) is 3.71. The fourth-order valence-corrected chi connectivity index (χ4v) is 5.55. The number of hydrogen-bond donors (Lipinski definition) is 1. The number of hydrogen-bond acceptors (Lipinski definition) is 7. The zero-order chi connectivity index (χ0) is 20.2. The summed E-state index contributed by atoms with van der Waals surface area (Å²) in [4.78, 5) is 12.0. The van der Waals surface area contributed by atoms with Crippen molar-refractivity contribution in [1.82, 2.24) is 9.97 Å². The molecule has 0 amide bonds. The van der Waals surface area contributed by atoms with Crippen LogP contribution in [0.2, 0.25) is 0 Å². The molecule has 0 spiro atoms. The molecule has 3 heterocycles. The molecule has 2 aliphatic carbocycles. The third kappa shape index (κ3) is 3.07. The standard InChI is InChI=1S/C23H27N3O4/c1-13-17-3-2-4-18(17)25-23(24-13)26-10-14-7-19(27)21(8-15(14)11-26)30-16-5-6-20-22(9-16)29-12-28-20/h5-6,9,14-15,19,21,27H,2-4,7-8,10-12H2,1H3/t14-,15+,19+,21+/m0/s1. The van der Waals surface area contributed by atoms with Crippen molar-refractivity contribution in [2.75, 3.05) is 24.8 Å². The van der Waals surface area contributed by atoms with Crippen LogP contribution in [0.5, 0.6) is 17.2 Å². The maximum Gasteiger partial charge on any atom is 0.231 e. The van der Waals surface area contributed by atoms with Crippen molar-refractivity contribution in [1.29, 1.82) is 0 Å². The minimum absolute atomic E-state index is 0.214. The van der Waals surface area contributed by atoms with E-state index in [0.717, 1.165) is 56.2 Å². The molecule has 0 radical (unpaired) electrons. The Hall–Kier alpha value is -2.54. The lowest BCUT2D eigenvalue weighted by Crippen LogP contribution is -2.42. The zero-order valence-electron chi connectivity index (χ0n) is 17.2. The molecule has 30 heavy (non-hydrogen) atoms. The van der Waals surface area contributed by atoms with Crippen LogP contribution in [0.4, 0.5) is 5.95 Å². The average Bonchev–Trinajstić information content (AvgIpc) is 3.46. The second-order valence-corrected chi connectivity index (χ2v) is 9.02. The predicted octanol–water partition coefficient (Wildman–Crippen LogP) is 2.66. The Morgan fingerprint density at radius 3 is 2.80 bits per heavy atom. The van der Waals surface area contributed by atoms with Crippen LogP contribution < -0.4 is 19.1 Å². The van der Waals surface area contributed by atoms with Crippen molar-refractivity contribution < 1.29 is 19.3 Å². The van der Waals surface area contributed by atoms with E-state index in [1.54, 1.807) is 0 Å². The summed E-state index contributed by atoms with van der Waals surface area (Å²) < 4.78 is 17.0. The molecule has 6 rings (SSSR count). The van der Waals surface area contributed by atoms with Crippen LogP contribution in [0.15, 0.2) is 18.2 Å². The van der Waals surface area contributed by atoms with Gasteiger partial charge in [0.1, 0.15) is 11.9 Å². The number of fused-ring (bicyclic) bond motifs is 3. The Kier molecular flexibility index (Phi) is 4.26. The van der Waals surface area contributed by atoms with Gasteiger partial charge in [0, 0.05) is 30.5 Å². The minimum atomic E-state index is -0.473. The molecule has 7 heteroatoms. The summed E-state index contributed by atoms with van der Waals surface area (Å²) in [6, 6.07) is 5.60. The van der Waals surface area contributed by atoms with Gasteiger partial charge >= 0.3 is 0 Å². The Labute approximate surface area is 176 Å². The van der Waals surface area contributed by atoms with E-state index in [-0.39, 0.29) is 12.9 Å². The van der Waals surface area contributed by atoms with Gasteiger partial charge in [-0.1, -0.05) is 0 Å². The highest BCUT2D eigenvalue weighted by atomic mass is 16.7. The first kappa shape index (κ1) is 18.2. The highest BCUT2D eigenvalue weighted by molar-refractivity contribution is 5.47. The van der Waals surface area contributed by atoms with E-state index in [9.17, 15) is 5.11 Å². The van der Waals surface area contributed by atoms with Gasteiger partial charge in [-0.2, -0.15) is 0 Å². The van der Waals surface area contributed by atoms with Crippen molar-refractivity contribution in [3.05, 3.63) is 35.2 Å². The van der Waals surface area contributed by atoms with Gasteiger partial charge in [-0.3, -0.25) is 0 Å². The van der Waals surface area contributed by atoms with Crippen molar-refractivity contribution in [3.8, 4) is 17.2 Å². The van der Waals surface area contributed by atoms with Gasteiger partial charge in [0.25, 0.3) is 0 Å². The molecule has 1 aromatic carbocycles. The van der Waals surface area contributed by atoms with Crippen LogP contribution in [0.3, 0.4) is 0 Å². The number of aliphatic hydroxyl groups excluding tert-OH is 1. The highest BCUT2D eigenvalue weighted by Gasteiger charge is 2.43. The molecule has 1 N–H and O–H groups in total. The number of rotatable bonds is 3. The van der Waals surface area contributed by atoms with E-state index in [1.807, 2.05) is 18.2 Å². The molecule has 1 saturated carbocycles. The number of nitrogens with zero attached hydrogens (tertiary/aromatic N) is 3. The van der Waals surface area contributed by atoms with Crippen molar-refractivity contribution in [2.24, 2.45) is 11.8 Å². The highest BCUT2D eigenvalue weighted by Crippen LogP contribution is 2.41. The van der Waals surface area contributed by atoms with Gasteiger partial charge in [0.15, 0.2) is 11.5 Å². The Balaban J connectivity index is 1.16. The number of aromatic nitrogens is 2. The van der Waals surface area contributed by atoms with Gasteiger partial charge in [0.2, 0.25) is 12.7 Å². The predicted molar refractivity (Wildman–Crippen MR) is 110 cm³/mol. The molecular weight excluding hydrogens is 382 g/mol. The molecule has 0 unspecified atom stereocenters. The third-order valence-electron chi connectivity index (χ3n) is 7.13. The first-order chi connectivity index (χ1) is 14.6. The van der Waals surface area contributed by atoms with Crippen LogP contribution in [-0.2, 0) is 12.8 Å². The van der Waals surface area contributed by atoms with Gasteiger partial charge in [0.05, 0.1) is 6.10 Å². The molecule has 7 nitrogen and oxygen atoms in total. The monoisotopic (exact) mass is 409 g/mol. The van der Waals surface area contributed by atoms with Gasteiger partial charge in [-0.05, 0) is 68.6 Å². The molecule has 2 aliphatic heterocycles. The molecule has 1 saturated heterocycles. The lowest BCUT2D eigenvalue weighted by atomic mass is 9.78. The maximum atomic E-state index is 10.8. The number of aryl methyl sites for hydroxylation is 2. The Bertz CT molecular complexity index is 981. The van der Waals surface area contributed by atoms with E-state index in [4.69, 9.17) is 24.2 Å². The molecular formula is C23H27N3O4. The summed E-state index contributed by atoms with van der Waals surface area (Å²) in [5, 5.41) is 10.8. The first-order valence-electron chi connectivity index (χ1n) is 11.0. The van der Waals surface area contributed by atoms with E-state index < -0.39 is 6.10 Å². The SMILES string of the molecule is Cc1nc(N2C[C@H]3C[C@@H](Oc4ccc5c(c4)OCO5)[C@H](O)C[C@H]3C2)nc2c1CCC2. The van der Waals surface area contributed by atoms with Gasteiger partial charge < -0.3 is 24.2 Å². The van der Waals surface area contributed by atoms with Crippen LogP contribution in [0.1, 0.15) is 36.2 Å². The van der Waals surface area contributed by atoms with E-state index in [2.05, 4.69) is 11.8 Å². The summed E-state index contributed by atoms with van der Waals surface area (Å²) in [6.45, 7) is 4.19. The zero-order valence-corrected chi connectivity index (χ0v) is 17.2. The number of benzene rings is 1. The van der Waals surface area contributed by atoms with Crippen molar-refractivity contribution in [2.45, 2.75) is 51.2 Å². The van der Waals surface area contributed by atoms with E-state index in [1.165, 1.54) is 17.7 Å². The fraction of sp³-hybridized carbons (Fsp3) is 0.565. The van der Waals surface area contributed by atoms with Gasteiger partial charge in [-0.15, -0.1) is 0 Å². The molecule has 2 fully saturated rings. The normalized spacial score (nSPS) is 29.1. The minimum Gasteiger partial charge on any atom is -0.488 e. The summed E-state index contributed by atoms with van der Waals surface area (Å²) >= 11 is 0. The fourth-order valence-electron chi connectivity index (χ4n) is 5.55. The largest absolute Gasteiger partial charge is 0.488 e. The lowest BCUT2D eigenvalue weighted by molar-refractivity contribution is -0.0232. The Morgan fingerprint density at radius 1 is 1.07 bits per heavy atom. The first-order valence-corrected chi connectivity index (χ1v) is 11.0. The van der Waals surface area contributed by atoms with Crippen LogP contribution in [0, 0.1) is 18.8 Å². The molecule has 1 aromatic heterocycles. The van der Waals surface area contributed by atoms with Crippen molar-refractivity contribution in [3.63, 3.8) is 0 Å². The molecule has 158 valence electrons. The smallest absolute Gasteiger partial charge is 0.231 e. The van der Waals surface area contributed by atoms with Crippen LogP contribution >= 0.6 is 0 Å². The van der Waals surface area contributed by atoms with Crippen LogP contribution in [0.25, 0.3) is 0 Å². The Morgan fingerprint density at radius 2 is 1.90 bits per heavy atom. The lowest BCUT2D eigenvalue weighted by Gasteiger charge is -2.35.